The Morgan fingerprint density at radius 2 is 2.04 bits per heavy atom. The fourth-order valence-corrected chi connectivity index (χ4v) is 5.73. The van der Waals surface area contributed by atoms with Crippen LogP contribution in [0.3, 0.4) is 0 Å². The maximum absolute atomic E-state index is 12.6. The van der Waals surface area contributed by atoms with Crippen LogP contribution in [0.4, 0.5) is 0 Å². The summed E-state index contributed by atoms with van der Waals surface area (Å²) in [6.07, 6.45) is 3.09. The van der Waals surface area contributed by atoms with Crippen molar-refractivity contribution in [2.75, 3.05) is 5.75 Å². The maximum Gasteiger partial charge on any atom is 0.271 e. The number of aryl methyl sites for hydroxylation is 2. The fourth-order valence-electron chi connectivity index (χ4n) is 3.00. The Bertz CT molecular complexity index is 976. The zero-order valence-corrected chi connectivity index (χ0v) is 16.2. The van der Waals surface area contributed by atoms with E-state index in [9.17, 15) is 4.79 Å². The van der Waals surface area contributed by atoms with Gasteiger partial charge in [-0.2, -0.15) is 9.78 Å². The van der Waals surface area contributed by atoms with Crippen molar-refractivity contribution in [2.24, 2.45) is 0 Å². The molecule has 0 aliphatic carbocycles. The fraction of sp³-hybridized carbons (Fsp3) is 0.263. The van der Waals surface area contributed by atoms with Crippen LogP contribution >= 0.6 is 34.7 Å². The minimum absolute atomic E-state index is 0.0986. The largest absolute Gasteiger partial charge is 0.271 e. The average Bonchev–Trinajstić information content (AvgIpc) is 2.92. The first-order valence-corrected chi connectivity index (χ1v) is 10.5. The third-order valence-electron chi connectivity index (χ3n) is 4.19. The van der Waals surface area contributed by atoms with E-state index >= 15 is 0 Å². The third-order valence-corrected chi connectivity index (χ3v) is 6.92. The first-order valence-electron chi connectivity index (χ1n) is 8.31. The number of hydrogen-bond acceptors (Lipinski definition) is 4. The molecule has 1 aromatic carbocycles. The van der Waals surface area contributed by atoms with Crippen molar-refractivity contribution >= 4 is 34.7 Å². The van der Waals surface area contributed by atoms with Crippen molar-refractivity contribution in [1.82, 2.24) is 9.78 Å². The summed E-state index contributed by atoms with van der Waals surface area (Å²) >= 11 is 9.70. The van der Waals surface area contributed by atoms with Gasteiger partial charge in [-0.25, -0.2) is 0 Å². The molecule has 128 valence electrons. The molecule has 3 nitrogen and oxygen atoms in total. The number of halogens is 1. The van der Waals surface area contributed by atoms with Gasteiger partial charge in [-0.3, -0.25) is 4.79 Å². The van der Waals surface area contributed by atoms with Crippen LogP contribution in [-0.2, 0) is 12.8 Å². The Labute approximate surface area is 159 Å². The molecule has 0 unspecified atom stereocenters. The van der Waals surface area contributed by atoms with Crippen LogP contribution in [0.25, 0.3) is 16.9 Å². The van der Waals surface area contributed by atoms with Gasteiger partial charge >= 0.3 is 0 Å². The smallest absolute Gasteiger partial charge is 0.267 e. The molecule has 3 heterocycles. The Morgan fingerprint density at radius 1 is 1.24 bits per heavy atom. The monoisotopic (exact) mass is 388 g/mol. The van der Waals surface area contributed by atoms with E-state index in [-0.39, 0.29) is 5.56 Å². The number of fused-ring (bicyclic) bond motifs is 3. The average molecular weight is 389 g/mol. The van der Waals surface area contributed by atoms with Crippen molar-refractivity contribution in [3.63, 3.8) is 0 Å². The Morgan fingerprint density at radius 3 is 2.80 bits per heavy atom. The van der Waals surface area contributed by atoms with E-state index in [1.165, 1.54) is 19.3 Å². The number of thioether (sulfide) groups is 1. The van der Waals surface area contributed by atoms with Gasteiger partial charge in [0.2, 0.25) is 0 Å². The van der Waals surface area contributed by atoms with Gasteiger partial charge in [0, 0.05) is 27.3 Å². The van der Waals surface area contributed by atoms with Crippen molar-refractivity contribution in [2.45, 2.75) is 30.4 Å². The van der Waals surface area contributed by atoms with Crippen LogP contribution in [0.5, 0.6) is 0 Å². The summed E-state index contributed by atoms with van der Waals surface area (Å²) in [5, 5.41) is 5.39. The maximum atomic E-state index is 12.6. The van der Waals surface area contributed by atoms with E-state index < -0.39 is 0 Å². The number of benzene rings is 1. The quantitative estimate of drug-likeness (QED) is 0.617. The zero-order chi connectivity index (χ0) is 17.4. The molecule has 0 amide bonds. The molecule has 0 bridgehead atoms. The molecule has 1 aliphatic heterocycles. The molecule has 0 fully saturated rings. The minimum Gasteiger partial charge on any atom is -0.267 e. The zero-order valence-electron chi connectivity index (χ0n) is 13.8. The van der Waals surface area contributed by atoms with Gasteiger partial charge in [0.15, 0.2) is 0 Å². The molecule has 3 aromatic rings. The molecule has 0 saturated carbocycles. The molecule has 2 aromatic heterocycles. The highest BCUT2D eigenvalue weighted by atomic mass is 35.5. The predicted molar refractivity (Wildman–Crippen MR) is 107 cm³/mol. The summed E-state index contributed by atoms with van der Waals surface area (Å²) in [7, 11) is 0. The lowest BCUT2D eigenvalue weighted by Crippen LogP contribution is -2.22. The molecule has 25 heavy (non-hydrogen) atoms. The van der Waals surface area contributed by atoms with Gasteiger partial charge in [-0.15, -0.1) is 23.1 Å². The highest BCUT2D eigenvalue weighted by Crippen LogP contribution is 2.42. The van der Waals surface area contributed by atoms with Crippen LogP contribution in [0, 0.1) is 0 Å². The second-order valence-corrected chi connectivity index (χ2v) is 8.94. The molecular weight excluding hydrogens is 372 g/mol. The van der Waals surface area contributed by atoms with Crippen LogP contribution < -0.4 is 5.56 Å². The number of thiophene rings is 1. The molecular formula is C19H17ClN2OS2. The van der Waals surface area contributed by atoms with Gasteiger partial charge < -0.3 is 0 Å². The molecule has 0 spiro atoms. The molecule has 0 atom stereocenters. The lowest BCUT2D eigenvalue weighted by atomic mass is 10.1. The predicted octanol–water partition coefficient (Wildman–Crippen LogP) is 5.22. The molecule has 6 heteroatoms. The van der Waals surface area contributed by atoms with E-state index in [1.54, 1.807) is 18.2 Å². The second-order valence-electron chi connectivity index (χ2n) is 6.01. The topological polar surface area (TPSA) is 34.9 Å². The van der Waals surface area contributed by atoms with Gasteiger partial charge in [0.1, 0.15) is 0 Å². The van der Waals surface area contributed by atoms with Crippen LogP contribution in [0.2, 0.25) is 5.02 Å². The Balaban J connectivity index is 1.88. The van der Waals surface area contributed by atoms with Gasteiger partial charge in [0.25, 0.3) is 5.56 Å². The second kappa shape index (κ2) is 6.98. The summed E-state index contributed by atoms with van der Waals surface area (Å²) in [4.78, 5) is 14.0. The van der Waals surface area contributed by atoms with Crippen LogP contribution in [0.15, 0.2) is 45.4 Å². The van der Waals surface area contributed by atoms with Gasteiger partial charge in [0.05, 0.1) is 15.6 Å². The van der Waals surface area contributed by atoms with Crippen LogP contribution in [0.1, 0.15) is 23.8 Å². The first kappa shape index (κ1) is 16.9. The highest BCUT2D eigenvalue weighted by Gasteiger charge is 2.21. The molecule has 0 N–H and O–H groups in total. The van der Waals surface area contributed by atoms with Gasteiger partial charge in [-0.1, -0.05) is 24.9 Å². The molecule has 0 saturated heterocycles. The summed E-state index contributed by atoms with van der Waals surface area (Å²) in [5.74, 6) is 0.984. The summed E-state index contributed by atoms with van der Waals surface area (Å²) < 4.78 is 2.79. The van der Waals surface area contributed by atoms with Crippen molar-refractivity contribution in [3.8, 4) is 16.9 Å². The number of hydrogen-bond donors (Lipinski definition) is 0. The van der Waals surface area contributed by atoms with E-state index in [2.05, 4.69) is 13.0 Å². The van der Waals surface area contributed by atoms with E-state index in [0.29, 0.717) is 5.02 Å². The SMILES string of the molecule is CCCc1cc2c(s1)SCCc1cc(=O)n(-c3ccc(Cl)cc3)nc1-2. The highest BCUT2D eigenvalue weighted by molar-refractivity contribution is 8.01. The van der Waals surface area contributed by atoms with Crippen molar-refractivity contribution in [3.05, 3.63) is 62.2 Å². The molecule has 0 radical (unpaired) electrons. The summed E-state index contributed by atoms with van der Waals surface area (Å²) in [5.41, 5.74) is 3.79. The first-order chi connectivity index (χ1) is 12.2. The van der Waals surface area contributed by atoms with Crippen molar-refractivity contribution < 1.29 is 0 Å². The Hall–Kier alpha value is -1.56. The van der Waals surface area contributed by atoms with E-state index in [4.69, 9.17) is 16.7 Å². The van der Waals surface area contributed by atoms with E-state index in [1.807, 2.05) is 35.2 Å². The number of nitrogens with zero attached hydrogens (tertiary/aromatic N) is 2. The standard InChI is InChI=1S/C19H17ClN2OS2/c1-2-3-15-11-16-18-12(8-9-24-19(16)25-15)10-17(23)22(21-18)14-6-4-13(20)5-7-14/h4-7,10-11H,2-3,8-9H2,1H3. The van der Waals surface area contributed by atoms with Crippen molar-refractivity contribution in [1.29, 1.82) is 0 Å². The summed E-state index contributed by atoms with van der Waals surface area (Å²) in [6.45, 7) is 2.20. The Kier molecular flexibility index (Phi) is 4.71. The number of rotatable bonds is 3. The number of aromatic nitrogens is 2. The minimum atomic E-state index is -0.0986. The van der Waals surface area contributed by atoms with E-state index in [0.717, 1.165) is 42.0 Å². The third kappa shape index (κ3) is 3.28. The summed E-state index contributed by atoms with van der Waals surface area (Å²) in [6, 6.07) is 11.2. The normalized spacial score (nSPS) is 13.2. The van der Waals surface area contributed by atoms with Gasteiger partial charge in [-0.05, 0) is 48.7 Å². The van der Waals surface area contributed by atoms with Crippen LogP contribution in [-0.4, -0.2) is 15.5 Å². The lowest BCUT2D eigenvalue weighted by Gasteiger charge is -2.10. The molecule has 4 rings (SSSR count). The lowest BCUT2D eigenvalue weighted by molar-refractivity contribution is 0.801. The molecule has 1 aliphatic rings.